The third-order valence-corrected chi connectivity index (χ3v) is 2.67. The van der Waals surface area contributed by atoms with Crippen molar-refractivity contribution in [2.24, 2.45) is 0 Å². The van der Waals surface area contributed by atoms with Gasteiger partial charge in [-0.15, -0.1) is 0 Å². The lowest BCUT2D eigenvalue weighted by atomic mass is 10.1. The molecule has 2 aromatic rings. The molecule has 4 heteroatoms. The van der Waals surface area contributed by atoms with E-state index >= 15 is 0 Å². The normalized spacial score (nSPS) is 10.3. The number of amides is 1. The van der Waals surface area contributed by atoms with Crippen LogP contribution >= 0.6 is 0 Å². The van der Waals surface area contributed by atoms with E-state index in [2.05, 4.69) is 10.3 Å². The summed E-state index contributed by atoms with van der Waals surface area (Å²) in [6, 6.07) is 7.98. The Morgan fingerprint density at radius 1 is 1.33 bits per heavy atom. The Morgan fingerprint density at radius 3 is 2.78 bits per heavy atom. The minimum absolute atomic E-state index is 0.0300. The maximum absolute atomic E-state index is 11.7. The van der Waals surface area contributed by atoms with Crippen molar-refractivity contribution in [1.29, 1.82) is 0 Å². The number of nitrogens with zero attached hydrogens (tertiary/aromatic N) is 1. The third-order valence-electron chi connectivity index (χ3n) is 2.67. The summed E-state index contributed by atoms with van der Waals surface area (Å²) in [5, 5.41) is 2.86. The van der Waals surface area contributed by atoms with Gasteiger partial charge in [-0.3, -0.25) is 4.79 Å². The molecule has 1 heterocycles. The molecule has 2 rings (SSSR count). The van der Waals surface area contributed by atoms with Gasteiger partial charge in [0.2, 0.25) is 5.91 Å². The van der Waals surface area contributed by atoms with Gasteiger partial charge in [-0.05, 0) is 12.5 Å². The molecule has 0 aliphatic rings. The fourth-order valence-corrected chi connectivity index (χ4v) is 1.64. The van der Waals surface area contributed by atoms with Crippen molar-refractivity contribution >= 4 is 5.91 Å². The summed E-state index contributed by atoms with van der Waals surface area (Å²) in [7, 11) is 0. The van der Waals surface area contributed by atoms with Gasteiger partial charge in [-0.2, -0.15) is 0 Å². The molecule has 0 aliphatic heterocycles. The van der Waals surface area contributed by atoms with Crippen LogP contribution in [0.3, 0.4) is 0 Å². The van der Waals surface area contributed by atoms with Gasteiger partial charge >= 0.3 is 0 Å². The van der Waals surface area contributed by atoms with Crippen molar-refractivity contribution in [3.05, 3.63) is 53.7 Å². The zero-order chi connectivity index (χ0) is 12.8. The molecule has 0 radical (unpaired) electrons. The monoisotopic (exact) mass is 244 g/mol. The van der Waals surface area contributed by atoms with Crippen LogP contribution in [0.2, 0.25) is 0 Å². The van der Waals surface area contributed by atoms with E-state index in [9.17, 15) is 4.79 Å². The molecule has 4 nitrogen and oxygen atoms in total. The Hall–Kier alpha value is -2.10. The first-order valence-electron chi connectivity index (χ1n) is 5.93. The number of carbonyl (C=O) groups excluding carboxylic acids is 1. The first kappa shape index (κ1) is 12.4. The zero-order valence-corrected chi connectivity index (χ0v) is 10.3. The predicted octanol–water partition coefficient (Wildman–Crippen LogP) is 1.88. The quantitative estimate of drug-likeness (QED) is 0.873. The summed E-state index contributed by atoms with van der Waals surface area (Å²) in [5.74, 6) is 0.0300. The Morgan fingerprint density at radius 2 is 2.11 bits per heavy atom. The lowest BCUT2D eigenvalue weighted by Gasteiger charge is -2.04. The molecule has 0 unspecified atom stereocenters. The Bertz CT molecular complexity index is 489. The lowest BCUT2D eigenvalue weighted by molar-refractivity contribution is -0.120. The first-order valence-corrected chi connectivity index (χ1v) is 5.93. The van der Waals surface area contributed by atoms with Gasteiger partial charge in [-0.1, -0.05) is 29.8 Å². The summed E-state index contributed by atoms with van der Waals surface area (Å²) in [4.78, 5) is 15.7. The smallest absolute Gasteiger partial charge is 0.224 e. The van der Waals surface area contributed by atoms with Crippen LogP contribution in [-0.2, 0) is 17.6 Å². The number of rotatable bonds is 5. The molecule has 0 saturated carbocycles. The van der Waals surface area contributed by atoms with E-state index in [1.165, 1.54) is 12.0 Å². The van der Waals surface area contributed by atoms with Gasteiger partial charge in [-0.25, -0.2) is 4.98 Å². The second-order valence-corrected chi connectivity index (χ2v) is 4.24. The number of oxazole rings is 1. The van der Waals surface area contributed by atoms with E-state index in [1.807, 2.05) is 31.2 Å². The van der Waals surface area contributed by atoms with Gasteiger partial charge in [0.1, 0.15) is 6.26 Å². The van der Waals surface area contributed by atoms with Gasteiger partial charge in [0.05, 0.1) is 12.1 Å². The van der Waals surface area contributed by atoms with E-state index in [-0.39, 0.29) is 5.91 Å². The summed E-state index contributed by atoms with van der Waals surface area (Å²) in [6.45, 7) is 2.61. The van der Waals surface area contributed by atoms with Gasteiger partial charge in [0.15, 0.2) is 6.39 Å². The molecular formula is C14H16N2O2. The molecular weight excluding hydrogens is 228 g/mol. The lowest BCUT2D eigenvalue weighted by Crippen LogP contribution is -2.27. The van der Waals surface area contributed by atoms with Crippen molar-refractivity contribution in [1.82, 2.24) is 10.3 Å². The standard InChI is InChI=1S/C14H16N2O2/c1-11-2-4-12(5-3-11)8-14(17)15-7-6-13-9-18-10-16-13/h2-5,9-10H,6-8H2,1H3,(H,15,17). The molecule has 94 valence electrons. The van der Waals surface area contributed by atoms with E-state index in [1.54, 1.807) is 6.26 Å². The number of carbonyl (C=O) groups is 1. The maximum atomic E-state index is 11.7. The van der Waals surface area contributed by atoms with E-state index in [0.717, 1.165) is 11.3 Å². The highest BCUT2D eigenvalue weighted by molar-refractivity contribution is 5.78. The Labute approximate surface area is 106 Å². The van der Waals surface area contributed by atoms with Crippen molar-refractivity contribution in [3.8, 4) is 0 Å². The summed E-state index contributed by atoms with van der Waals surface area (Å²) < 4.78 is 4.86. The molecule has 1 aromatic heterocycles. The Kier molecular flexibility index (Phi) is 4.12. The van der Waals surface area contributed by atoms with Crippen LogP contribution in [0.1, 0.15) is 16.8 Å². The van der Waals surface area contributed by atoms with Crippen LogP contribution in [0.5, 0.6) is 0 Å². The number of hydrogen-bond acceptors (Lipinski definition) is 3. The van der Waals surface area contributed by atoms with Crippen molar-refractivity contribution in [2.75, 3.05) is 6.54 Å². The van der Waals surface area contributed by atoms with Crippen LogP contribution in [0.4, 0.5) is 0 Å². The molecule has 18 heavy (non-hydrogen) atoms. The molecule has 0 bridgehead atoms. The average molecular weight is 244 g/mol. The minimum atomic E-state index is 0.0300. The zero-order valence-electron chi connectivity index (χ0n) is 10.3. The molecule has 1 N–H and O–H groups in total. The highest BCUT2D eigenvalue weighted by atomic mass is 16.3. The fraction of sp³-hybridized carbons (Fsp3) is 0.286. The highest BCUT2D eigenvalue weighted by Crippen LogP contribution is 2.03. The second-order valence-electron chi connectivity index (χ2n) is 4.24. The van der Waals surface area contributed by atoms with Crippen LogP contribution in [0.25, 0.3) is 0 Å². The molecule has 0 aliphatic carbocycles. The minimum Gasteiger partial charge on any atom is -0.451 e. The molecule has 0 saturated heterocycles. The van der Waals surface area contributed by atoms with E-state index < -0.39 is 0 Å². The topological polar surface area (TPSA) is 55.1 Å². The second kappa shape index (κ2) is 6.00. The molecule has 0 atom stereocenters. The number of hydrogen-bond donors (Lipinski definition) is 1. The van der Waals surface area contributed by atoms with Crippen LogP contribution in [0.15, 0.2) is 41.3 Å². The van der Waals surface area contributed by atoms with E-state index in [4.69, 9.17) is 4.42 Å². The average Bonchev–Trinajstić information content (AvgIpc) is 2.85. The van der Waals surface area contributed by atoms with E-state index in [0.29, 0.717) is 19.4 Å². The van der Waals surface area contributed by atoms with Crippen molar-refractivity contribution in [2.45, 2.75) is 19.8 Å². The molecule has 1 amide bonds. The Balaban J connectivity index is 1.73. The fourth-order valence-electron chi connectivity index (χ4n) is 1.64. The highest BCUT2D eigenvalue weighted by Gasteiger charge is 2.03. The summed E-state index contributed by atoms with van der Waals surface area (Å²) in [5.41, 5.74) is 3.08. The number of nitrogens with one attached hydrogen (secondary N) is 1. The molecule has 0 fully saturated rings. The van der Waals surface area contributed by atoms with Gasteiger partial charge < -0.3 is 9.73 Å². The van der Waals surface area contributed by atoms with Gasteiger partial charge in [0, 0.05) is 13.0 Å². The third kappa shape index (κ3) is 3.73. The molecule has 1 aromatic carbocycles. The maximum Gasteiger partial charge on any atom is 0.224 e. The molecule has 0 spiro atoms. The van der Waals surface area contributed by atoms with Crippen LogP contribution in [0, 0.1) is 6.92 Å². The van der Waals surface area contributed by atoms with Crippen molar-refractivity contribution < 1.29 is 9.21 Å². The predicted molar refractivity (Wildman–Crippen MR) is 68.1 cm³/mol. The summed E-state index contributed by atoms with van der Waals surface area (Å²) in [6.07, 6.45) is 4.09. The van der Waals surface area contributed by atoms with Gasteiger partial charge in [0.25, 0.3) is 0 Å². The SMILES string of the molecule is Cc1ccc(CC(=O)NCCc2cocn2)cc1. The number of aryl methyl sites for hydroxylation is 1. The first-order chi connectivity index (χ1) is 8.74. The number of benzene rings is 1. The largest absolute Gasteiger partial charge is 0.451 e. The summed E-state index contributed by atoms with van der Waals surface area (Å²) >= 11 is 0. The number of aromatic nitrogens is 1. The van der Waals surface area contributed by atoms with Crippen LogP contribution in [-0.4, -0.2) is 17.4 Å². The van der Waals surface area contributed by atoms with Crippen LogP contribution < -0.4 is 5.32 Å². The van der Waals surface area contributed by atoms with Crippen molar-refractivity contribution in [3.63, 3.8) is 0 Å².